The lowest BCUT2D eigenvalue weighted by molar-refractivity contribution is -0.116. The van der Waals surface area contributed by atoms with Crippen LogP contribution in [0.3, 0.4) is 0 Å². The van der Waals surface area contributed by atoms with E-state index < -0.39 is 0 Å². The van der Waals surface area contributed by atoms with Crippen LogP contribution in [0.25, 0.3) is 11.4 Å². The molecular formula is C21H20Cl2N4OS. The van der Waals surface area contributed by atoms with Crippen LogP contribution in [0.5, 0.6) is 0 Å². The molecule has 0 spiro atoms. The molecule has 4 rings (SSSR count). The molecular weight excluding hydrogens is 427 g/mol. The monoisotopic (exact) mass is 446 g/mol. The number of halogens is 2. The molecule has 3 aromatic rings. The second kappa shape index (κ2) is 8.78. The van der Waals surface area contributed by atoms with Crippen LogP contribution in [0, 0.1) is 0 Å². The normalized spacial score (nSPS) is 13.4. The second-order valence-electron chi connectivity index (χ2n) is 6.74. The Morgan fingerprint density at radius 3 is 2.79 bits per heavy atom. The molecule has 2 heterocycles. The van der Waals surface area contributed by atoms with E-state index in [9.17, 15) is 4.79 Å². The number of aryl methyl sites for hydroxylation is 1. The van der Waals surface area contributed by atoms with E-state index >= 15 is 0 Å². The van der Waals surface area contributed by atoms with Crippen molar-refractivity contribution in [2.45, 2.75) is 31.5 Å². The fourth-order valence-electron chi connectivity index (χ4n) is 3.55. The van der Waals surface area contributed by atoms with Gasteiger partial charge in [-0.05, 0) is 49.6 Å². The number of anilines is 1. The maximum absolute atomic E-state index is 12.9. The number of nitrogens with zero attached hydrogens (tertiary/aromatic N) is 4. The van der Waals surface area contributed by atoms with Gasteiger partial charge in [-0.1, -0.05) is 53.2 Å². The van der Waals surface area contributed by atoms with E-state index in [0.717, 1.165) is 30.6 Å². The lowest BCUT2D eigenvalue weighted by atomic mass is 10.0. The van der Waals surface area contributed by atoms with Crippen molar-refractivity contribution in [3.63, 3.8) is 0 Å². The van der Waals surface area contributed by atoms with Gasteiger partial charge in [0.05, 0.1) is 10.8 Å². The van der Waals surface area contributed by atoms with Gasteiger partial charge < -0.3 is 9.47 Å². The molecule has 0 radical (unpaired) electrons. The summed E-state index contributed by atoms with van der Waals surface area (Å²) in [6, 6.07) is 13.4. The number of carbonyl (C=O) groups excluding carboxylic acids is 1. The first-order valence-electron chi connectivity index (χ1n) is 9.48. The van der Waals surface area contributed by atoms with Crippen molar-refractivity contribution in [3.05, 3.63) is 58.1 Å². The lowest BCUT2D eigenvalue weighted by Gasteiger charge is -2.29. The second-order valence-corrected chi connectivity index (χ2v) is 8.53. The number of hydrogen-bond acceptors (Lipinski definition) is 4. The third kappa shape index (κ3) is 4.15. The van der Waals surface area contributed by atoms with Crippen LogP contribution < -0.4 is 4.90 Å². The number of carbonyl (C=O) groups is 1. The summed E-state index contributed by atoms with van der Waals surface area (Å²) < 4.78 is 1.97. The van der Waals surface area contributed by atoms with Gasteiger partial charge in [0.2, 0.25) is 5.91 Å². The predicted octanol–water partition coefficient (Wildman–Crippen LogP) is 5.34. The van der Waals surface area contributed by atoms with E-state index in [1.54, 1.807) is 12.1 Å². The molecule has 0 fully saturated rings. The fraction of sp³-hybridized carbons (Fsp3) is 0.286. The molecule has 29 heavy (non-hydrogen) atoms. The Kier molecular flexibility index (Phi) is 6.13. The van der Waals surface area contributed by atoms with Gasteiger partial charge in [-0.2, -0.15) is 0 Å². The zero-order chi connectivity index (χ0) is 20.4. The zero-order valence-electron chi connectivity index (χ0n) is 15.9. The van der Waals surface area contributed by atoms with Gasteiger partial charge in [-0.15, -0.1) is 10.2 Å². The molecule has 0 saturated carbocycles. The largest absolute Gasteiger partial charge is 0.311 e. The molecule has 1 aromatic heterocycles. The van der Waals surface area contributed by atoms with E-state index in [-0.39, 0.29) is 5.91 Å². The van der Waals surface area contributed by atoms with Gasteiger partial charge >= 0.3 is 0 Å². The van der Waals surface area contributed by atoms with Gasteiger partial charge in [0.15, 0.2) is 11.0 Å². The maximum Gasteiger partial charge on any atom is 0.237 e. The molecule has 150 valence electrons. The zero-order valence-corrected chi connectivity index (χ0v) is 18.3. The lowest BCUT2D eigenvalue weighted by Crippen LogP contribution is -2.36. The van der Waals surface area contributed by atoms with Crippen molar-refractivity contribution < 1.29 is 4.79 Å². The molecule has 0 N–H and O–H groups in total. The van der Waals surface area contributed by atoms with Gasteiger partial charge in [0, 0.05) is 29.4 Å². The van der Waals surface area contributed by atoms with Crippen LogP contribution in [0.1, 0.15) is 18.9 Å². The molecule has 8 heteroatoms. The first-order chi connectivity index (χ1) is 14.1. The first kappa shape index (κ1) is 20.3. The van der Waals surface area contributed by atoms with Crippen LogP contribution >= 0.6 is 35.0 Å². The SMILES string of the molecule is CCn1c(SCC(=O)N2CCCc3ccccc32)nnc1-c1ccc(Cl)cc1Cl. The summed E-state index contributed by atoms with van der Waals surface area (Å²) in [5, 5.41) is 10.4. The third-order valence-electron chi connectivity index (χ3n) is 4.94. The minimum atomic E-state index is 0.0823. The highest BCUT2D eigenvalue weighted by molar-refractivity contribution is 7.99. The Bertz CT molecular complexity index is 1050. The summed E-state index contributed by atoms with van der Waals surface area (Å²) in [7, 11) is 0. The number of amides is 1. The van der Waals surface area contributed by atoms with Gasteiger partial charge in [0.25, 0.3) is 0 Å². The highest BCUT2D eigenvalue weighted by atomic mass is 35.5. The molecule has 0 bridgehead atoms. The van der Waals surface area contributed by atoms with Gasteiger partial charge in [0.1, 0.15) is 0 Å². The minimum Gasteiger partial charge on any atom is -0.311 e. The number of benzene rings is 2. The summed E-state index contributed by atoms with van der Waals surface area (Å²) in [4.78, 5) is 14.8. The van der Waals surface area contributed by atoms with E-state index in [0.29, 0.717) is 33.3 Å². The molecule has 1 amide bonds. The van der Waals surface area contributed by atoms with Crippen LogP contribution in [-0.2, 0) is 17.8 Å². The molecule has 5 nitrogen and oxygen atoms in total. The molecule has 0 aliphatic carbocycles. The quantitative estimate of drug-likeness (QED) is 0.496. The standard InChI is InChI=1S/C21H20Cl2N4OS/c1-2-26-20(16-10-9-15(22)12-17(16)23)24-25-21(26)29-13-19(28)27-11-5-7-14-6-3-4-8-18(14)27/h3-4,6,8-10,12H,2,5,7,11,13H2,1H3. The highest BCUT2D eigenvalue weighted by Gasteiger charge is 2.23. The van der Waals surface area contributed by atoms with Crippen molar-refractivity contribution in [2.75, 3.05) is 17.2 Å². The molecule has 0 unspecified atom stereocenters. The highest BCUT2D eigenvalue weighted by Crippen LogP contribution is 2.32. The Morgan fingerprint density at radius 2 is 2.00 bits per heavy atom. The topological polar surface area (TPSA) is 51.0 Å². The summed E-state index contributed by atoms with van der Waals surface area (Å²) in [5.41, 5.74) is 3.02. The van der Waals surface area contributed by atoms with Crippen molar-refractivity contribution in [3.8, 4) is 11.4 Å². The molecule has 0 saturated heterocycles. The number of fused-ring (bicyclic) bond motifs is 1. The maximum atomic E-state index is 12.9. The molecule has 1 aliphatic rings. The summed E-state index contributed by atoms with van der Waals surface area (Å²) in [6.45, 7) is 3.44. The summed E-state index contributed by atoms with van der Waals surface area (Å²) >= 11 is 13.8. The van der Waals surface area contributed by atoms with Crippen molar-refractivity contribution in [2.24, 2.45) is 0 Å². The van der Waals surface area contributed by atoms with E-state index in [1.165, 1.54) is 17.3 Å². The summed E-state index contributed by atoms with van der Waals surface area (Å²) in [5.74, 6) is 1.06. The third-order valence-corrected chi connectivity index (χ3v) is 6.44. The number of thioether (sulfide) groups is 1. The van der Waals surface area contributed by atoms with Crippen molar-refractivity contribution in [1.82, 2.24) is 14.8 Å². The average molecular weight is 447 g/mol. The Balaban J connectivity index is 1.52. The van der Waals surface area contributed by atoms with E-state index in [4.69, 9.17) is 23.2 Å². The Morgan fingerprint density at radius 1 is 1.17 bits per heavy atom. The molecule has 0 atom stereocenters. The van der Waals surface area contributed by atoms with Crippen LogP contribution in [-0.4, -0.2) is 33.0 Å². The molecule has 1 aliphatic heterocycles. The minimum absolute atomic E-state index is 0.0823. The van der Waals surface area contributed by atoms with Crippen LogP contribution in [0.4, 0.5) is 5.69 Å². The number of aromatic nitrogens is 3. The van der Waals surface area contributed by atoms with E-state index in [1.807, 2.05) is 40.7 Å². The predicted molar refractivity (Wildman–Crippen MR) is 119 cm³/mol. The average Bonchev–Trinajstić information content (AvgIpc) is 3.14. The van der Waals surface area contributed by atoms with Gasteiger partial charge in [-0.3, -0.25) is 4.79 Å². The van der Waals surface area contributed by atoms with E-state index in [2.05, 4.69) is 16.3 Å². The van der Waals surface area contributed by atoms with Crippen molar-refractivity contribution >= 4 is 46.6 Å². The van der Waals surface area contributed by atoms with Crippen LogP contribution in [0.15, 0.2) is 47.6 Å². The number of rotatable bonds is 5. The molecule has 2 aromatic carbocycles. The Hall–Kier alpha value is -2.02. The van der Waals surface area contributed by atoms with Gasteiger partial charge in [-0.25, -0.2) is 0 Å². The Labute approximate surface area is 184 Å². The fourth-order valence-corrected chi connectivity index (χ4v) is 4.92. The summed E-state index contributed by atoms with van der Waals surface area (Å²) in [6.07, 6.45) is 2.00. The van der Waals surface area contributed by atoms with Crippen molar-refractivity contribution in [1.29, 1.82) is 0 Å². The first-order valence-corrected chi connectivity index (χ1v) is 11.2. The number of para-hydroxylation sites is 1. The number of hydrogen-bond donors (Lipinski definition) is 0. The van der Waals surface area contributed by atoms with Crippen LogP contribution in [0.2, 0.25) is 10.0 Å². The smallest absolute Gasteiger partial charge is 0.237 e.